The molecule has 0 spiro atoms. The van der Waals surface area contributed by atoms with Crippen molar-refractivity contribution in [2.45, 2.75) is 26.8 Å². The van der Waals surface area contributed by atoms with Gasteiger partial charge in [-0.3, -0.25) is 4.79 Å². The van der Waals surface area contributed by atoms with E-state index in [-0.39, 0.29) is 17.8 Å². The molecular formula is C21H22FN3O. The zero-order valence-electron chi connectivity index (χ0n) is 15.1. The van der Waals surface area contributed by atoms with Crippen LogP contribution >= 0.6 is 0 Å². The number of aromatic nitrogens is 2. The van der Waals surface area contributed by atoms with Crippen molar-refractivity contribution in [2.75, 3.05) is 0 Å². The lowest BCUT2D eigenvalue weighted by atomic mass is 10.1. The highest BCUT2D eigenvalue weighted by Gasteiger charge is 2.20. The Bertz CT molecular complexity index is 885. The Labute approximate surface area is 152 Å². The number of carbonyl (C=O) groups excluding carboxylic acids is 1. The zero-order chi connectivity index (χ0) is 18.7. The number of nitrogens with zero attached hydrogens (tertiary/aromatic N) is 2. The Balaban J connectivity index is 2.03. The number of rotatable bonds is 5. The quantitative estimate of drug-likeness (QED) is 0.738. The molecule has 3 rings (SSSR count). The van der Waals surface area contributed by atoms with Crippen LogP contribution in [0.15, 0.2) is 60.7 Å². The molecule has 1 aromatic heterocycles. The summed E-state index contributed by atoms with van der Waals surface area (Å²) < 4.78 is 14.8. The Hall–Kier alpha value is -2.95. The van der Waals surface area contributed by atoms with Gasteiger partial charge >= 0.3 is 0 Å². The first-order valence-corrected chi connectivity index (χ1v) is 8.68. The van der Waals surface area contributed by atoms with E-state index in [1.165, 1.54) is 12.1 Å². The van der Waals surface area contributed by atoms with Crippen molar-refractivity contribution in [1.29, 1.82) is 0 Å². The minimum Gasteiger partial charge on any atom is -0.348 e. The summed E-state index contributed by atoms with van der Waals surface area (Å²) in [6.07, 6.45) is 0. The molecule has 3 aromatic rings. The first-order valence-electron chi connectivity index (χ1n) is 8.68. The fourth-order valence-electron chi connectivity index (χ4n) is 2.52. The lowest BCUT2D eigenvalue weighted by Crippen LogP contribution is -2.37. The normalized spacial score (nSPS) is 12.2. The third-order valence-electron chi connectivity index (χ3n) is 4.44. The van der Waals surface area contributed by atoms with Crippen LogP contribution in [0.1, 0.15) is 31.3 Å². The summed E-state index contributed by atoms with van der Waals surface area (Å²) in [5.41, 5.74) is 2.62. The molecule has 0 bridgehead atoms. The van der Waals surface area contributed by atoms with E-state index in [1.54, 1.807) is 22.9 Å². The number of halogens is 1. The standard InChI is InChI=1S/C21H22FN3O/c1-14(2)15(3)23-21(26)20-13-19(16-9-11-17(22)12-10-16)24-25(20)18-7-5-4-6-8-18/h4-15H,1-3H3,(H,23,26). The SMILES string of the molecule is CC(C)C(C)NC(=O)c1cc(-c2ccc(F)cc2)nn1-c1ccccc1. The van der Waals surface area contributed by atoms with Crippen LogP contribution in [0.2, 0.25) is 0 Å². The Morgan fingerprint density at radius 2 is 1.69 bits per heavy atom. The van der Waals surface area contributed by atoms with Crippen molar-refractivity contribution in [1.82, 2.24) is 15.1 Å². The van der Waals surface area contributed by atoms with Crippen LogP contribution in [0.5, 0.6) is 0 Å². The number of amides is 1. The van der Waals surface area contributed by atoms with Gasteiger partial charge in [0.2, 0.25) is 0 Å². The van der Waals surface area contributed by atoms with Crippen LogP contribution in [0.25, 0.3) is 16.9 Å². The van der Waals surface area contributed by atoms with Crippen LogP contribution < -0.4 is 5.32 Å². The molecule has 0 fully saturated rings. The molecule has 0 aliphatic heterocycles. The smallest absolute Gasteiger partial charge is 0.270 e. The monoisotopic (exact) mass is 351 g/mol. The van der Waals surface area contributed by atoms with Gasteiger partial charge in [0.15, 0.2) is 0 Å². The van der Waals surface area contributed by atoms with E-state index in [0.29, 0.717) is 17.3 Å². The third kappa shape index (κ3) is 3.82. The molecule has 1 atom stereocenters. The average Bonchev–Trinajstić information content (AvgIpc) is 3.08. The lowest BCUT2D eigenvalue weighted by molar-refractivity contribution is 0.0922. The van der Waals surface area contributed by atoms with Gasteiger partial charge in [-0.1, -0.05) is 32.0 Å². The van der Waals surface area contributed by atoms with Gasteiger partial charge < -0.3 is 5.32 Å². The van der Waals surface area contributed by atoms with Crippen molar-refractivity contribution in [3.63, 3.8) is 0 Å². The summed E-state index contributed by atoms with van der Waals surface area (Å²) >= 11 is 0. The van der Waals surface area contributed by atoms with Crippen LogP contribution in [-0.4, -0.2) is 21.7 Å². The third-order valence-corrected chi connectivity index (χ3v) is 4.44. The summed E-state index contributed by atoms with van der Waals surface area (Å²) in [7, 11) is 0. The highest BCUT2D eigenvalue weighted by Crippen LogP contribution is 2.22. The Morgan fingerprint density at radius 3 is 2.31 bits per heavy atom. The van der Waals surface area contributed by atoms with Crippen LogP contribution in [-0.2, 0) is 0 Å². The maximum absolute atomic E-state index is 13.2. The molecular weight excluding hydrogens is 329 g/mol. The highest BCUT2D eigenvalue weighted by atomic mass is 19.1. The second kappa shape index (κ2) is 7.52. The van der Waals surface area contributed by atoms with Crippen LogP contribution in [0.4, 0.5) is 4.39 Å². The minimum atomic E-state index is -0.306. The van der Waals surface area contributed by atoms with Gasteiger partial charge in [-0.15, -0.1) is 0 Å². The summed E-state index contributed by atoms with van der Waals surface area (Å²) in [5.74, 6) is -0.167. The second-order valence-corrected chi connectivity index (χ2v) is 6.68. The number of hydrogen-bond acceptors (Lipinski definition) is 2. The average molecular weight is 351 g/mol. The number of nitrogens with one attached hydrogen (secondary N) is 1. The van der Waals surface area contributed by atoms with Crippen LogP contribution in [0, 0.1) is 11.7 Å². The summed E-state index contributed by atoms with van der Waals surface area (Å²) in [5, 5.41) is 7.61. The van der Waals surface area contributed by atoms with Crippen molar-refractivity contribution < 1.29 is 9.18 Å². The molecule has 0 radical (unpaired) electrons. The van der Waals surface area contributed by atoms with E-state index in [4.69, 9.17) is 0 Å². The van der Waals surface area contributed by atoms with Gasteiger partial charge in [0.1, 0.15) is 11.5 Å². The molecule has 2 aromatic carbocycles. The number of hydrogen-bond donors (Lipinski definition) is 1. The van der Waals surface area contributed by atoms with Gasteiger partial charge in [-0.2, -0.15) is 5.10 Å². The van der Waals surface area contributed by atoms with Crippen molar-refractivity contribution in [2.24, 2.45) is 5.92 Å². The summed E-state index contributed by atoms with van der Waals surface area (Å²) in [6, 6.07) is 17.4. The Morgan fingerprint density at radius 1 is 1.04 bits per heavy atom. The fourth-order valence-corrected chi connectivity index (χ4v) is 2.52. The molecule has 0 saturated heterocycles. The van der Waals surface area contributed by atoms with Crippen molar-refractivity contribution >= 4 is 5.91 Å². The molecule has 1 unspecified atom stereocenters. The molecule has 1 N–H and O–H groups in total. The Kier molecular flexibility index (Phi) is 5.16. The van der Waals surface area contributed by atoms with E-state index < -0.39 is 0 Å². The lowest BCUT2D eigenvalue weighted by Gasteiger charge is -2.17. The van der Waals surface area contributed by atoms with E-state index in [2.05, 4.69) is 24.3 Å². The largest absolute Gasteiger partial charge is 0.348 e. The molecule has 26 heavy (non-hydrogen) atoms. The maximum Gasteiger partial charge on any atom is 0.270 e. The second-order valence-electron chi connectivity index (χ2n) is 6.68. The summed E-state index contributed by atoms with van der Waals surface area (Å²) in [6.45, 7) is 6.10. The number of carbonyl (C=O) groups is 1. The maximum atomic E-state index is 13.2. The molecule has 5 heteroatoms. The zero-order valence-corrected chi connectivity index (χ0v) is 15.1. The molecule has 1 amide bonds. The molecule has 0 saturated carbocycles. The van der Waals surface area contributed by atoms with E-state index >= 15 is 0 Å². The van der Waals surface area contributed by atoms with E-state index in [0.717, 1.165) is 11.3 Å². The number of para-hydroxylation sites is 1. The predicted molar refractivity (Wildman–Crippen MR) is 101 cm³/mol. The van der Waals surface area contributed by atoms with E-state index in [9.17, 15) is 9.18 Å². The molecule has 0 aliphatic carbocycles. The fraction of sp³-hybridized carbons (Fsp3) is 0.238. The van der Waals surface area contributed by atoms with Gasteiger partial charge in [0.05, 0.1) is 11.4 Å². The summed E-state index contributed by atoms with van der Waals surface area (Å²) in [4.78, 5) is 12.8. The van der Waals surface area contributed by atoms with Gasteiger partial charge in [0, 0.05) is 11.6 Å². The highest BCUT2D eigenvalue weighted by molar-refractivity contribution is 5.94. The van der Waals surface area contributed by atoms with Gasteiger partial charge in [-0.05, 0) is 55.3 Å². The molecule has 0 aliphatic rings. The topological polar surface area (TPSA) is 46.9 Å². The predicted octanol–water partition coefficient (Wildman–Crippen LogP) is 4.45. The molecule has 134 valence electrons. The molecule has 4 nitrogen and oxygen atoms in total. The first kappa shape index (κ1) is 17.9. The van der Waals surface area contributed by atoms with Crippen LogP contribution in [0.3, 0.4) is 0 Å². The molecule has 1 heterocycles. The van der Waals surface area contributed by atoms with Gasteiger partial charge in [0.25, 0.3) is 5.91 Å². The first-order chi connectivity index (χ1) is 12.5. The number of benzene rings is 2. The van der Waals surface area contributed by atoms with E-state index in [1.807, 2.05) is 37.3 Å². The van der Waals surface area contributed by atoms with Crippen molar-refractivity contribution in [3.8, 4) is 16.9 Å². The minimum absolute atomic E-state index is 0.0379. The van der Waals surface area contributed by atoms with Crippen molar-refractivity contribution in [3.05, 3.63) is 72.2 Å². The van der Waals surface area contributed by atoms with Gasteiger partial charge in [-0.25, -0.2) is 9.07 Å².